The Morgan fingerprint density at radius 2 is 1.89 bits per heavy atom. The highest BCUT2D eigenvalue weighted by molar-refractivity contribution is 7.17. The van der Waals surface area contributed by atoms with Crippen LogP contribution in [-0.2, 0) is 6.42 Å². The molecule has 1 aromatic carbocycles. The molecule has 1 fully saturated rings. The Kier molecular flexibility index (Phi) is 5.31. The Morgan fingerprint density at radius 3 is 2.52 bits per heavy atom. The standard InChI is InChI=1S/C20H26N4O2S/c1-3-16-21-20-24(22-16)19(25)18(27-20)17(23-12-6-5-7-13-23)14-8-10-15(11-9-14)26-4-2/h8-11,17,25H,3-7,12-13H2,1-2H3/t17-/m1/s1. The van der Waals surface area contributed by atoms with E-state index in [0.717, 1.165) is 46.5 Å². The minimum Gasteiger partial charge on any atom is -0.494 e. The molecule has 3 aromatic rings. The Hall–Kier alpha value is -2.12. The summed E-state index contributed by atoms with van der Waals surface area (Å²) in [6.45, 7) is 6.73. The molecule has 0 amide bonds. The number of aromatic hydroxyl groups is 1. The molecule has 1 atom stereocenters. The van der Waals surface area contributed by atoms with Gasteiger partial charge in [0.15, 0.2) is 5.82 Å². The molecule has 27 heavy (non-hydrogen) atoms. The van der Waals surface area contributed by atoms with Crippen molar-refractivity contribution < 1.29 is 9.84 Å². The summed E-state index contributed by atoms with van der Waals surface area (Å²) in [5, 5.41) is 15.4. The van der Waals surface area contributed by atoms with Crippen molar-refractivity contribution in [2.45, 2.75) is 45.6 Å². The number of piperidine rings is 1. The van der Waals surface area contributed by atoms with Gasteiger partial charge in [-0.25, -0.2) is 4.98 Å². The molecule has 1 N–H and O–H groups in total. The lowest BCUT2D eigenvalue weighted by molar-refractivity contribution is 0.186. The van der Waals surface area contributed by atoms with Crippen molar-refractivity contribution in [3.8, 4) is 11.6 Å². The normalized spacial score (nSPS) is 16.7. The molecular weight excluding hydrogens is 360 g/mol. The van der Waals surface area contributed by atoms with Crippen LogP contribution in [0.2, 0.25) is 0 Å². The summed E-state index contributed by atoms with van der Waals surface area (Å²) in [7, 11) is 0. The smallest absolute Gasteiger partial charge is 0.230 e. The third-order valence-corrected chi connectivity index (χ3v) is 6.14. The number of fused-ring (bicyclic) bond motifs is 1. The van der Waals surface area contributed by atoms with Crippen molar-refractivity contribution >= 4 is 16.3 Å². The Balaban J connectivity index is 1.75. The van der Waals surface area contributed by atoms with Gasteiger partial charge in [-0.1, -0.05) is 36.8 Å². The summed E-state index contributed by atoms with van der Waals surface area (Å²) in [5.74, 6) is 1.85. The first-order valence-corrected chi connectivity index (χ1v) is 10.6. The lowest BCUT2D eigenvalue weighted by Gasteiger charge is -2.34. The van der Waals surface area contributed by atoms with Crippen molar-refractivity contribution in [1.82, 2.24) is 19.5 Å². The molecule has 1 aliphatic rings. The molecule has 2 aromatic heterocycles. The van der Waals surface area contributed by atoms with Gasteiger partial charge >= 0.3 is 0 Å². The zero-order chi connectivity index (χ0) is 18.8. The van der Waals surface area contributed by atoms with Gasteiger partial charge in [0.2, 0.25) is 10.8 Å². The van der Waals surface area contributed by atoms with Gasteiger partial charge in [0.1, 0.15) is 5.75 Å². The van der Waals surface area contributed by atoms with E-state index in [4.69, 9.17) is 4.74 Å². The van der Waals surface area contributed by atoms with Crippen molar-refractivity contribution in [2.75, 3.05) is 19.7 Å². The van der Waals surface area contributed by atoms with E-state index in [1.807, 2.05) is 26.0 Å². The van der Waals surface area contributed by atoms with Gasteiger partial charge in [0.05, 0.1) is 17.5 Å². The Labute approximate surface area is 163 Å². The minimum atomic E-state index is 0.0135. The first kappa shape index (κ1) is 18.3. The van der Waals surface area contributed by atoms with Crippen LogP contribution >= 0.6 is 11.3 Å². The Morgan fingerprint density at radius 1 is 1.15 bits per heavy atom. The fraction of sp³-hybridized carbons (Fsp3) is 0.500. The van der Waals surface area contributed by atoms with Gasteiger partial charge in [-0.05, 0) is 50.6 Å². The largest absolute Gasteiger partial charge is 0.494 e. The molecule has 3 heterocycles. The molecule has 0 unspecified atom stereocenters. The molecule has 0 saturated carbocycles. The number of benzene rings is 1. The van der Waals surface area contributed by atoms with E-state index in [-0.39, 0.29) is 11.9 Å². The van der Waals surface area contributed by atoms with Crippen molar-refractivity contribution in [3.05, 3.63) is 40.5 Å². The molecule has 0 aliphatic carbocycles. The summed E-state index contributed by atoms with van der Waals surface area (Å²) in [6, 6.07) is 8.26. The van der Waals surface area contributed by atoms with E-state index in [2.05, 4.69) is 27.1 Å². The van der Waals surface area contributed by atoms with Crippen LogP contribution in [0, 0.1) is 0 Å². The predicted octanol–water partition coefficient (Wildman–Crippen LogP) is 4.03. The molecule has 0 bridgehead atoms. The lowest BCUT2D eigenvalue weighted by Crippen LogP contribution is -2.34. The molecule has 6 nitrogen and oxygen atoms in total. The third-order valence-electron chi connectivity index (χ3n) is 5.07. The maximum Gasteiger partial charge on any atom is 0.230 e. The average molecular weight is 387 g/mol. The molecule has 7 heteroatoms. The highest BCUT2D eigenvalue weighted by Crippen LogP contribution is 2.41. The predicted molar refractivity (Wildman–Crippen MR) is 107 cm³/mol. The number of likely N-dealkylation sites (tertiary alicyclic amines) is 1. The number of thiazole rings is 1. The minimum absolute atomic E-state index is 0.0135. The highest BCUT2D eigenvalue weighted by Gasteiger charge is 2.30. The van der Waals surface area contributed by atoms with Crippen LogP contribution in [0.5, 0.6) is 11.6 Å². The highest BCUT2D eigenvalue weighted by atomic mass is 32.1. The number of ether oxygens (including phenoxy) is 1. The topological polar surface area (TPSA) is 62.9 Å². The number of aromatic nitrogens is 3. The number of hydrogen-bond acceptors (Lipinski definition) is 6. The molecule has 4 rings (SSSR count). The van der Waals surface area contributed by atoms with Gasteiger partial charge in [-0.3, -0.25) is 4.90 Å². The summed E-state index contributed by atoms with van der Waals surface area (Å²) in [6.07, 6.45) is 4.41. The van der Waals surface area contributed by atoms with Crippen LogP contribution in [-0.4, -0.2) is 44.3 Å². The second-order valence-electron chi connectivity index (χ2n) is 6.87. The van der Waals surface area contributed by atoms with Gasteiger partial charge in [-0.15, -0.1) is 5.10 Å². The lowest BCUT2D eigenvalue weighted by atomic mass is 10.0. The van der Waals surface area contributed by atoms with E-state index in [1.54, 1.807) is 4.52 Å². The number of nitrogens with zero attached hydrogens (tertiary/aromatic N) is 4. The molecule has 0 radical (unpaired) electrons. The van der Waals surface area contributed by atoms with Crippen LogP contribution in [0.1, 0.15) is 55.4 Å². The van der Waals surface area contributed by atoms with Gasteiger partial charge in [-0.2, -0.15) is 4.52 Å². The average Bonchev–Trinajstić information content (AvgIpc) is 3.24. The van der Waals surface area contributed by atoms with Crippen LogP contribution < -0.4 is 4.74 Å². The van der Waals surface area contributed by atoms with Crippen molar-refractivity contribution in [1.29, 1.82) is 0 Å². The molecule has 1 aliphatic heterocycles. The summed E-state index contributed by atoms with van der Waals surface area (Å²) in [4.78, 5) is 8.68. The fourth-order valence-electron chi connectivity index (χ4n) is 3.74. The maximum atomic E-state index is 10.9. The van der Waals surface area contributed by atoms with E-state index in [1.165, 1.54) is 30.6 Å². The number of aryl methyl sites for hydroxylation is 1. The quantitative estimate of drug-likeness (QED) is 0.693. The van der Waals surface area contributed by atoms with Crippen molar-refractivity contribution in [3.63, 3.8) is 0 Å². The molecular formula is C20H26N4O2S. The van der Waals surface area contributed by atoms with Gasteiger partial charge in [0, 0.05) is 6.42 Å². The zero-order valence-corrected chi connectivity index (χ0v) is 16.7. The molecule has 0 spiro atoms. The number of hydrogen-bond donors (Lipinski definition) is 1. The van der Waals surface area contributed by atoms with E-state index in [0.29, 0.717) is 6.61 Å². The van der Waals surface area contributed by atoms with Gasteiger partial charge in [0.25, 0.3) is 0 Å². The molecule has 1 saturated heterocycles. The van der Waals surface area contributed by atoms with E-state index in [9.17, 15) is 5.11 Å². The molecule has 144 valence electrons. The Bertz CT molecular complexity index is 897. The van der Waals surface area contributed by atoms with Crippen LogP contribution in [0.25, 0.3) is 4.96 Å². The fourth-order valence-corrected chi connectivity index (χ4v) is 4.87. The SMILES string of the molecule is CCOc1ccc([C@H](c2sc3nc(CC)nn3c2O)N2CCCCC2)cc1. The third kappa shape index (κ3) is 3.53. The summed E-state index contributed by atoms with van der Waals surface area (Å²) >= 11 is 1.54. The van der Waals surface area contributed by atoms with Crippen LogP contribution in [0.15, 0.2) is 24.3 Å². The second kappa shape index (κ2) is 7.86. The summed E-state index contributed by atoms with van der Waals surface area (Å²) in [5.41, 5.74) is 1.16. The van der Waals surface area contributed by atoms with E-state index >= 15 is 0 Å². The summed E-state index contributed by atoms with van der Waals surface area (Å²) < 4.78 is 7.18. The monoisotopic (exact) mass is 386 g/mol. The second-order valence-corrected chi connectivity index (χ2v) is 7.88. The van der Waals surface area contributed by atoms with Crippen LogP contribution in [0.4, 0.5) is 0 Å². The van der Waals surface area contributed by atoms with Gasteiger partial charge < -0.3 is 9.84 Å². The van der Waals surface area contributed by atoms with Crippen molar-refractivity contribution in [2.24, 2.45) is 0 Å². The number of rotatable bonds is 6. The van der Waals surface area contributed by atoms with E-state index < -0.39 is 0 Å². The first-order chi connectivity index (χ1) is 13.2. The maximum absolute atomic E-state index is 10.9. The first-order valence-electron chi connectivity index (χ1n) is 9.75. The van der Waals surface area contributed by atoms with Crippen LogP contribution in [0.3, 0.4) is 0 Å². The zero-order valence-electron chi connectivity index (χ0n) is 15.9.